The van der Waals surface area contributed by atoms with Crippen molar-refractivity contribution in [3.8, 4) is 89.9 Å². The molecule has 4 heteroatoms. The van der Waals surface area contributed by atoms with Gasteiger partial charge in [-0.15, -0.1) is 0 Å². The van der Waals surface area contributed by atoms with Crippen molar-refractivity contribution in [2.45, 2.75) is 0 Å². The Morgan fingerprint density at radius 2 is 0.645 bits per heavy atom. The van der Waals surface area contributed by atoms with Crippen molar-refractivity contribution in [3.63, 3.8) is 0 Å². The zero-order chi connectivity index (χ0) is 41.2. The number of pyridine rings is 1. The van der Waals surface area contributed by atoms with Crippen LogP contribution < -0.4 is 0 Å². The van der Waals surface area contributed by atoms with Gasteiger partial charge in [-0.25, -0.2) is 19.9 Å². The number of benzene rings is 9. The monoisotopic (exact) mass is 790 g/mol. The van der Waals surface area contributed by atoms with E-state index in [0.717, 1.165) is 77.6 Å². The van der Waals surface area contributed by atoms with E-state index in [-0.39, 0.29) is 0 Å². The number of fused-ring (bicyclic) bond motifs is 3. The van der Waals surface area contributed by atoms with E-state index in [1.54, 1.807) is 0 Å². The Morgan fingerprint density at radius 1 is 0.226 bits per heavy atom. The van der Waals surface area contributed by atoms with Crippen molar-refractivity contribution in [3.05, 3.63) is 231 Å². The van der Waals surface area contributed by atoms with E-state index in [2.05, 4.69) is 188 Å². The van der Waals surface area contributed by atoms with Crippen molar-refractivity contribution in [1.29, 1.82) is 0 Å². The molecule has 4 nitrogen and oxygen atoms in total. The van der Waals surface area contributed by atoms with Crippen LogP contribution in [-0.2, 0) is 0 Å². The average Bonchev–Trinajstić information content (AvgIpc) is 3.37. The molecule has 0 saturated heterocycles. The molecular formula is C58H38N4. The summed E-state index contributed by atoms with van der Waals surface area (Å²) in [6.45, 7) is 0. The normalized spacial score (nSPS) is 11.2. The fourth-order valence-electron chi connectivity index (χ4n) is 8.42. The lowest BCUT2D eigenvalue weighted by atomic mass is 9.92. The highest BCUT2D eigenvalue weighted by molar-refractivity contribution is 6.17. The molecule has 0 amide bonds. The van der Waals surface area contributed by atoms with Crippen molar-refractivity contribution in [1.82, 2.24) is 19.9 Å². The lowest BCUT2D eigenvalue weighted by Crippen LogP contribution is -2.00. The zero-order valence-corrected chi connectivity index (χ0v) is 33.7. The predicted molar refractivity (Wildman–Crippen MR) is 256 cm³/mol. The maximum absolute atomic E-state index is 5.36. The molecule has 0 fully saturated rings. The summed E-state index contributed by atoms with van der Waals surface area (Å²) in [5.74, 6) is 1.85. The van der Waals surface area contributed by atoms with Gasteiger partial charge in [0.15, 0.2) is 17.5 Å². The van der Waals surface area contributed by atoms with Gasteiger partial charge in [-0.3, -0.25) is 0 Å². The molecule has 0 aliphatic rings. The van der Waals surface area contributed by atoms with Crippen molar-refractivity contribution < 1.29 is 0 Å². The molecule has 11 aromatic rings. The Balaban J connectivity index is 1.03. The maximum Gasteiger partial charge on any atom is 0.164 e. The van der Waals surface area contributed by atoms with Crippen LogP contribution in [-0.4, -0.2) is 19.9 Å². The molecule has 9 aromatic carbocycles. The van der Waals surface area contributed by atoms with E-state index >= 15 is 0 Å². The van der Waals surface area contributed by atoms with Crippen LogP contribution in [0.5, 0.6) is 0 Å². The van der Waals surface area contributed by atoms with E-state index in [4.69, 9.17) is 19.9 Å². The van der Waals surface area contributed by atoms with Crippen LogP contribution in [0.2, 0.25) is 0 Å². The zero-order valence-electron chi connectivity index (χ0n) is 33.7. The van der Waals surface area contributed by atoms with Crippen LogP contribution in [0.15, 0.2) is 231 Å². The molecule has 2 aromatic heterocycles. The first-order chi connectivity index (χ1) is 30.7. The highest BCUT2D eigenvalue weighted by Gasteiger charge is 2.17. The number of rotatable bonds is 8. The van der Waals surface area contributed by atoms with Gasteiger partial charge in [0.25, 0.3) is 0 Å². The summed E-state index contributed by atoms with van der Waals surface area (Å²) in [6, 6.07) is 80.5. The largest absolute Gasteiger partial charge is 0.247 e. The molecule has 0 aliphatic heterocycles. The minimum atomic E-state index is 0.611. The smallest absolute Gasteiger partial charge is 0.164 e. The second-order valence-electron chi connectivity index (χ2n) is 15.4. The standard InChI is InChI=1S/C58H38N4/c1-6-17-39(18-7-1)47-35-48(40-19-8-2-9-20-40)37-49(36-47)58-61-56(44-25-14-5-15-26-44)60-57(62-58)45-31-29-41(30-32-45)46-33-34-51-53(38-46)59-55(43-23-12-4-13-24-43)52-28-16-27-50(54(51)52)42-21-10-3-11-22-42/h1-38H. The quantitative estimate of drug-likeness (QED) is 0.144. The number of hydrogen-bond acceptors (Lipinski definition) is 4. The number of nitrogens with zero attached hydrogens (tertiary/aromatic N) is 4. The van der Waals surface area contributed by atoms with Gasteiger partial charge in [0.05, 0.1) is 11.2 Å². The maximum atomic E-state index is 5.36. The van der Waals surface area contributed by atoms with E-state index in [1.807, 2.05) is 42.5 Å². The highest BCUT2D eigenvalue weighted by atomic mass is 15.0. The molecule has 62 heavy (non-hydrogen) atoms. The fraction of sp³-hybridized carbons (Fsp3) is 0. The van der Waals surface area contributed by atoms with Crippen LogP contribution in [0.3, 0.4) is 0 Å². The van der Waals surface area contributed by atoms with Gasteiger partial charge in [-0.05, 0) is 68.8 Å². The summed E-state index contributed by atoms with van der Waals surface area (Å²) in [5.41, 5.74) is 14.8. The Morgan fingerprint density at radius 3 is 1.21 bits per heavy atom. The lowest BCUT2D eigenvalue weighted by Gasteiger charge is -2.15. The molecule has 11 rings (SSSR count). The Labute approximate surface area is 360 Å². The van der Waals surface area contributed by atoms with Gasteiger partial charge in [-0.2, -0.15) is 0 Å². The molecule has 0 radical (unpaired) electrons. The van der Waals surface area contributed by atoms with Gasteiger partial charge in [-0.1, -0.05) is 206 Å². The number of aromatic nitrogens is 4. The van der Waals surface area contributed by atoms with Crippen molar-refractivity contribution in [2.75, 3.05) is 0 Å². The van der Waals surface area contributed by atoms with Crippen LogP contribution in [0.4, 0.5) is 0 Å². The summed E-state index contributed by atoms with van der Waals surface area (Å²) in [4.78, 5) is 20.7. The lowest BCUT2D eigenvalue weighted by molar-refractivity contribution is 1.07. The SMILES string of the molecule is c1ccc(-c2cc(-c3ccccc3)cc(-c3nc(-c4ccccc4)nc(-c4ccc(-c5ccc6c(c5)nc(-c5ccccc5)c5cccc(-c7ccccc7)c56)cc4)n3)c2)cc1. The first kappa shape index (κ1) is 36.7. The summed E-state index contributed by atoms with van der Waals surface area (Å²) in [7, 11) is 0. The van der Waals surface area contributed by atoms with Gasteiger partial charge in [0.2, 0.25) is 0 Å². The van der Waals surface area contributed by atoms with Gasteiger partial charge in [0, 0.05) is 38.4 Å². The van der Waals surface area contributed by atoms with Crippen LogP contribution in [0.25, 0.3) is 112 Å². The second-order valence-corrected chi connectivity index (χ2v) is 15.4. The highest BCUT2D eigenvalue weighted by Crippen LogP contribution is 2.40. The molecular weight excluding hydrogens is 753 g/mol. The van der Waals surface area contributed by atoms with Crippen molar-refractivity contribution >= 4 is 21.7 Å². The molecule has 0 spiro atoms. The predicted octanol–water partition coefficient (Wildman–Crippen LogP) is 14.9. The molecule has 290 valence electrons. The summed E-state index contributed by atoms with van der Waals surface area (Å²) in [6.07, 6.45) is 0. The second kappa shape index (κ2) is 16.0. The molecule has 0 aliphatic carbocycles. The van der Waals surface area contributed by atoms with Crippen LogP contribution >= 0.6 is 0 Å². The first-order valence-corrected chi connectivity index (χ1v) is 20.9. The Hall–Kier alpha value is -8.34. The molecule has 0 unspecified atom stereocenters. The van der Waals surface area contributed by atoms with E-state index < -0.39 is 0 Å². The van der Waals surface area contributed by atoms with Gasteiger partial charge in [0.1, 0.15) is 0 Å². The van der Waals surface area contributed by atoms with Crippen LogP contribution in [0.1, 0.15) is 0 Å². The minimum Gasteiger partial charge on any atom is -0.247 e. The molecule has 0 N–H and O–H groups in total. The molecule has 0 atom stereocenters. The van der Waals surface area contributed by atoms with E-state index in [0.29, 0.717) is 17.5 Å². The average molecular weight is 791 g/mol. The van der Waals surface area contributed by atoms with Gasteiger partial charge >= 0.3 is 0 Å². The molecule has 0 saturated carbocycles. The summed E-state index contributed by atoms with van der Waals surface area (Å²) < 4.78 is 0. The first-order valence-electron chi connectivity index (χ1n) is 20.9. The van der Waals surface area contributed by atoms with E-state index in [9.17, 15) is 0 Å². The summed E-state index contributed by atoms with van der Waals surface area (Å²) >= 11 is 0. The van der Waals surface area contributed by atoms with Crippen molar-refractivity contribution in [2.24, 2.45) is 0 Å². The Kier molecular flexibility index (Phi) is 9.49. The Bertz CT molecular complexity index is 3300. The van der Waals surface area contributed by atoms with Gasteiger partial charge < -0.3 is 0 Å². The third-order valence-electron chi connectivity index (χ3n) is 11.5. The minimum absolute atomic E-state index is 0.611. The topological polar surface area (TPSA) is 51.6 Å². The number of hydrogen-bond donors (Lipinski definition) is 0. The van der Waals surface area contributed by atoms with E-state index in [1.165, 1.54) is 16.5 Å². The summed E-state index contributed by atoms with van der Waals surface area (Å²) in [5, 5.41) is 3.46. The molecule has 0 bridgehead atoms. The fourth-order valence-corrected chi connectivity index (χ4v) is 8.42. The molecule has 2 heterocycles. The third kappa shape index (κ3) is 7.10. The third-order valence-corrected chi connectivity index (χ3v) is 11.5. The van der Waals surface area contributed by atoms with Crippen LogP contribution in [0, 0.1) is 0 Å².